The first-order chi connectivity index (χ1) is 8.94. The molecule has 0 saturated carbocycles. The van der Waals surface area contributed by atoms with Gasteiger partial charge in [-0.25, -0.2) is 17.8 Å². The van der Waals surface area contributed by atoms with Gasteiger partial charge in [-0.2, -0.15) is 4.31 Å². The van der Waals surface area contributed by atoms with E-state index in [0.717, 1.165) is 16.6 Å². The molecule has 0 aromatic carbocycles. The molecule has 2 heterocycles. The number of halogens is 1. The zero-order valence-corrected chi connectivity index (χ0v) is 10.8. The maximum absolute atomic E-state index is 13.6. The van der Waals surface area contributed by atoms with Crippen molar-refractivity contribution in [1.29, 1.82) is 0 Å². The smallest absolute Gasteiger partial charge is 0.322 e. The van der Waals surface area contributed by atoms with Gasteiger partial charge in [0.15, 0.2) is 5.82 Å². The average Bonchev–Trinajstić information content (AvgIpc) is 2.39. The minimum Gasteiger partial charge on any atom is -0.480 e. The first-order valence-electron chi connectivity index (χ1n) is 5.80. The highest BCUT2D eigenvalue weighted by molar-refractivity contribution is 7.89. The predicted octanol–water partition coefficient (Wildman–Crippen LogP) is 0.848. The molecule has 0 unspecified atom stereocenters. The molecule has 0 amide bonds. The van der Waals surface area contributed by atoms with Gasteiger partial charge >= 0.3 is 5.97 Å². The fourth-order valence-corrected chi connectivity index (χ4v) is 3.74. The van der Waals surface area contributed by atoms with Crippen LogP contribution in [0.15, 0.2) is 23.4 Å². The number of hydrogen-bond donors (Lipinski definition) is 1. The van der Waals surface area contributed by atoms with Gasteiger partial charge in [0.05, 0.1) is 0 Å². The monoisotopic (exact) mass is 288 g/mol. The second kappa shape index (κ2) is 5.22. The highest BCUT2D eigenvalue weighted by Gasteiger charge is 2.39. The van der Waals surface area contributed by atoms with E-state index < -0.39 is 32.9 Å². The fraction of sp³-hybridized carbons (Fsp3) is 0.455. The summed E-state index contributed by atoms with van der Waals surface area (Å²) >= 11 is 0. The molecular formula is C11H13FN2O4S. The number of rotatable bonds is 3. The summed E-state index contributed by atoms with van der Waals surface area (Å²) in [7, 11) is -4.22. The van der Waals surface area contributed by atoms with Crippen LogP contribution in [0.5, 0.6) is 0 Å². The van der Waals surface area contributed by atoms with Crippen molar-refractivity contribution in [3.05, 3.63) is 24.1 Å². The minimum atomic E-state index is -4.22. The molecule has 1 N–H and O–H groups in total. The van der Waals surface area contributed by atoms with Crippen LogP contribution in [0, 0.1) is 5.82 Å². The lowest BCUT2D eigenvalue weighted by Gasteiger charge is -2.31. The molecular weight excluding hydrogens is 275 g/mol. The van der Waals surface area contributed by atoms with Crippen LogP contribution in [-0.2, 0) is 14.8 Å². The topological polar surface area (TPSA) is 87.6 Å². The number of carbonyl (C=O) groups is 1. The van der Waals surface area contributed by atoms with E-state index >= 15 is 0 Å². The Balaban J connectivity index is 2.43. The zero-order valence-electron chi connectivity index (χ0n) is 9.99. The third-order valence-corrected chi connectivity index (χ3v) is 4.86. The van der Waals surface area contributed by atoms with Gasteiger partial charge in [0.25, 0.3) is 10.0 Å². The standard InChI is InChI=1S/C11H13FN2O4S/c12-8-4-3-6-13-10(8)19(17,18)14-7-2-1-5-9(14)11(15)16/h3-4,6,9H,1-2,5,7H2,(H,15,16)/t9-/m1/s1. The third kappa shape index (κ3) is 2.59. The SMILES string of the molecule is O=C(O)[C@H]1CCCCN1S(=O)(=O)c1ncccc1F. The number of pyridine rings is 1. The highest BCUT2D eigenvalue weighted by Crippen LogP contribution is 2.25. The third-order valence-electron chi connectivity index (χ3n) is 3.02. The van der Waals surface area contributed by atoms with Gasteiger partial charge in [-0.3, -0.25) is 4.79 Å². The molecule has 104 valence electrons. The van der Waals surface area contributed by atoms with Crippen molar-refractivity contribution in [3.63, 3.8) is 0 Å². The molecule has 0 bridgehead atoms. The van der Waals surface area contributed by atoms with E-state index in [9.17, 15) is 17.6 Å². The molecule has 1 aliphatic rings. The van der Waals surface area contributed by atoms with Crippen LogP contribution in [0.4, 0.5) is 4.39 Å². The summed E-state index contributed by atoms with van der Waals surface area (Å²) in [5, 5.41) is 8.35. The van der Waals surface area contributed by atoms with Crippen molar-refractivity contribution in [3.8, 4) is 0 Å². The summed E-state index contributed by atoms with van der Waals surface area (Å²) in [5.41, 5.74) is 0. The van der Waals surface area contributed by atoms with E-state index in [1.165, 1.54) is 6.07 Å². The quantitative estimate of drug-likeness (QED) is 0.890. The van der Waals surface area contributed by atoms with Crippen molar-refractivity contribution in [2.75, 3.05) is 6.54 Å². The Kier molecular flexibility index (Phi) is 3.81. The number of sulfonamides is 1. The molecule has 1 atom stereocenters. The van der Waals surface area contributed by atoms with Crippen LogP contribution in [0.25, 0.3) is 0 Å². The molecule has 1 saturated heterocycles. The van der Waals surface area contributed by atoms with Crippen LogP contribution in [-0.4, -0.2) is 41.4 Å². The van der Waals surface area contributed by atoms with Crippen molar-refractivity contribution in [2.45, 2.75) is 30.3 Å². The van der Waals surface area contributed by atoms with Gasteiger partial charge in [-0.1, -0.05) is 0 Å². The maximum atomic E-state index is 13.6. The van der Waals surface area contributed by atoms with Crippen LogP contribution in [0.1, 0.15) is 19.3 Å². The van der Waals surface area contributed by atoms with Gasteiger partial charge in [-0.15, -0.1) is 0 Å². The number of hydrogen-bond acceptors (Lipinski definition) is 4. The predicted molar refractivity (Wildman–Crippen MR) is 63.4 cm³/mol. The Morgan fingerprint density at radius 3 is 2.84 bits per heavy atom. The summed E-state index contributed by atoms with van der Waals surface area (Å²) < 4.78 is 38.9. The summed E-state index contributed by atoms with van der Waals surface area (Å²) in [6.07, 6.45) is 2.57. The zero-order chi connectivity index (χ0) is 14.0. The molecule has 2 rings (SSSR count). The first kappa shape index (κ1) is 13.9. The lowest BCUT2D eigenvalue weighted by atomic mass is 10.1. The number of carboxylic acid groups (broad SMARTS) is 1. The Bertz CT molecular complexity index is 590. The van der Waals surface area contributed by atoms with Crippen molar-refractivity contribution >= 4 is 16.0 Å². The van der Waals surface area contributed by atoms with Gasteiger partial charge < -0.3 is 5.11 Å². The van der Waals surface area contributed by atoms with E-state index in [-0.39, 0.29) is 13.0 Å². The van der Waals surface area contributed by atoms with Crippen molar-refractivity contribution in [1.82, 2.24) is 9.29 Å². The second-order valence-corrected chi connectivity index (χ2v) is 6.06. The summed E-state index contributed by atoms with van der Waals surface area (Å²) in [6.45, 7) is 0.0648. The number of piperidine rings is 1. The normalized spacial score (nSPS) is 21.2. The Labute approximate surface area is 109 Å². The van der Waals surface area contributed by atoms with E-state index in [4.69, 9.17) is 5.11 Å². The highest BCUT2D eigenvalue weighted by atomic mass is 32.2. The first-order valence-corrected chi connectivity index (χ1v) is 7.24. The molecule has 1 fully saturated rings. The van der Waals surface area contributed by atoms with Crippen LogP contribution in [0.2, 0.25) is 0 Å². The van der Waals surface area contributed by atoms with Gasteiger partial charge in [-0.05, 0) is 31.4 Å². The molecule has 19 heavy (non-hydrogen) atoms. The fourth-order valence-electron chi connectivity index (χ4n) is 2.11. The van der Waals surface area contributed by atoms with E-state index in [0.29, 0.717) is 12.8 Å². The molecule has 0 spiro atoms. The van der Waals surface area contributed by atoms with Crippen LogP contribution >= 0.6 is 0 Å². The molecule has 0 radical (unpaired) electrons. The van der Waals surface area contributed by atoms with Gasteiger partial charge in [0.1, 0.15) is 6.04 Å². The van der Waals surface area contributed by atoms with Gasteiger partial charge in [0.2, 0.25) is 5.03 Å². The lowest BCUT2D eigenvalue weighted by molar-refractivity contribution is -0.142. The van der Waals surface area contributed by atoms with Crippen LogP contribution < -0.4 is 0 Å². The van der Waals surface area contributed by atoms with E-state index in [2.05, 4.69) is 4.98 Å². The number of nitrogens with zero attached hydrogens (tertiary/aromatic N) is 2. The summed E-state index contributed by atoms with van der Waals surface area (Å²) in [5.74, 6) is -2.20. The summed E-state index contributed by atoms with van der Waals surface area (Å²) in [4.78, 5) is 14.6. The maximum Gasteiger partial charge on any atom is 0.322 e. The van der Waals surface area contributed by atoms with Crippen LogP contribution in [0.3, 0.4) is 0 Å². The summed E-state index contributed by atoms with van der Waals surface area (Å²) in [6, 6.07) is 1.11. The molecule has 1 aromatic heterocycles. The van der Waals surface area contributed by atoms with Crippen molar-refractivity contribution < 1.29 is 22.7 Å². The molecule has 1 aliphatic heterocycles. The number of carboxylic acids is 1. The average molecular weight is 288 g/mol. The van der Waals surface area contributed by atoms with Crippen molar-refractivity contribution in [2.24, 2.45) is 0 Å². The lowest BCUT2D eigenvalue weighted by Crippen LogP contribution is -2.48. The molecule has 6 nitrogen and oxygen atoms in total. The Morgan fingerprint density at radius 2 is 2.21 bits per heavy atom. The van der Waals surface area contributed by atoms with E-state index in [1.54, 1.807) is 0 Å². The van der Waals surface area contributed by atoms with Gasteiger partial charge in [0, 0.05) is 12.7 Å². The Morgan fingerprint density at radius 1 is 1.47 bits per heavy atom. The number of aromatic nitrogens is 1. The molecule has 0 aliphatic carbocycles. The largest absolute Gasteiger partial charge is 0.480 e. The molecule has 8 heteroatoms. The number of aliphatic carboxylic acids is 1. The minimum absolute atomic E-state index is 0.0648. The Hall–Kier alpha value is -1.54. The van der Waals surface area contributed by atoms with E-state index in [1.807, 2.05) is 0 Å². The molecule has 1 aromatic rings. The second-order valence-electron chi connectivity index (χ2n) is 4.26.